The molecule has 2 nitrogen and oxygen atoms in total. The van der Waals surface area contributed by atoms with Gasteiger partial charge in [-0.05, 0) is 116 Å². The van der Waals surface area contributed by atoms with Crippen LogP contribution in [0.25, 0.3) is 98.8 Å². The Balaban J connectivity index is 1.01. The Hall–Kier alpha value is -7.42. The lowest BCUT2D eigenvalue weighted by Crippen LogP contribution is -1.98. The summed E-state index contributed by atoms with van der Waals surface area (Å²) in [4.78, 5) is 0. The van der Waals surface area contributed by atoms with E-state index in [1.807, 2.05) is 0 Å². The van der Waals surface area contributed by atoms with E-state index in [4.69, 9.17) is 0 Å². The summed E-state index contributed by atoms with van der Waals surface area (Å²) in [6.07, 6.45) is 9.92. The van der Waals surface area contributed by atoms with Gasteiger partial charge in [0.2, 0.25) is 0 Å². The number of para-hydroxylation sites is 2. The van der Waals surface area contributed by atoms with Gasteiger partial charge in [0.05, 0.1) is 22.1 Å². The van der Waals surface area contributed by atoms with Crippen molar-refractivity contribution in [2.45, 2.75) is 12.3 Å². The number of benzene rings is 9. The smallest absolute Gasteiger partial charge is 0.0541 e. The zero-order valence-corrected chi connectivity index (χ0v) is 31.9. The highest BCUT2D eigenvalue weighted by Crippen LogP contribution is 2.42. The zero-order valence-electron chi connectivity index (χ0n) is 31.9. The Morgan fingerprint density at radius 2 is 0.931 bits per heavy atom. The molecule has 0 amide bonds. The van der Waals surface area contributed by atoms with Crippen LogP contribution in [0.1, 0.15) is 17.9 Å². The van der Waals surface area contributed by atoms with Gasteiger partial charge in [0, 0.05) is 38.8 Å². The minimum absolute atomic E-state index is 0.433. The summed E-state index contributed by atoms with van der Waals surface area (Å²) in [6.45, 7) is 0. The van der Waals surface area contributed by atoms with Gasteiger partial charge < -0.3 is 9.13 Å². The third kappa shape index (κ3) is 5.12. The van der Waals surface area contributed by atoms with Crippen LogP contribution < -0.4 is 0 Å². The molecule has 0 saturated heterocycles. The summed E-state index contributed by atoms with van der Waals surface area (Å²) >= 11 is 0. The summed E-state index contributed by atoms with van der Waals surface area (Å²) in [6, 6.07) is 69.8. The highest BCUT2D eigenvalue weighted by atomic mass is 15.0. The monoisotopic (exact) mass is 738 g/mol. The second-order valence-corrected chi connectivity index (χ2v) is 15.7. The van der Waals surface area contributed by atoms with Crippen LogP contribution in [0, 0.1) is 0 Å². The van der Waals surface area contributed by atoms with E-state index < -0.39 is 0 Å². The normalized spacial score (nSPS) is 14.2. The molecule has 0 fully saturated rings. The Morgan fingerprint density at radius 3 is 1.57 bits per heavy atom. The number of rotatable bonds is 5. The highest BCUT2D eigenvalue weighted by Gasteiger charge is 2.18. The molecule has 1 aliphatic carbocycles. The van der Waals surface area contributed by atoms with E-state index in [9.17, 15) is 0 Å². The number of hydrogen-bond donors (Lipinski definition) is 0. The first kappa shape index (κ1) is 32.8. The molecule has 58 heavy (non-hydrogen) atoms. The fourth-order valence-corrected chi connectivity index (χ4v) is 9.67. The van der Waals surface area contributed by atoms with Crippen molar-refractivity contribution in [3.8, 4) is 33.6 Å². The molecule has 9 aromatic carbocycles. The maximum Gasteiger partial charge on any atom is 0.0541 e. The molecule has 11 aromatic rings. The van der Waals surface area contributed by atoms with Crippen molar-refractivity contribution in [3.63, 3.8) is 0 Å². The molecule has 0 aliphatic heterocycles. The van der Waals surface area contributed by atoms with E-state index in [0.717, 1.165) is 6.42 Å². The van der Waals surface area contributed by atoms with Crippen molar-refractivity contribution < 1.29 is 0 Å². The Labute approximate surface area is 336 Å². The highest BCUT2D eigenvalue weighted by molar-refractivity contribution is 6.15. The van der Waals surface area contributed by atoms with E-state index >= 15 is 0 Å². The van der Waals surface area contributed by atoms with E-state index in [1.165, 1.54) is 104 Å². The van der Waals surface area contributed by atoms with Gasteiger partial charge in [-0.15, -0.1) is 0 Å². The van der Waals surface area contributed by atoms with Gasteiger partial charge in [0.1, 0.15) is 0 Å². The lowest BCUT2D eigenvalue weighted by molar-refractivity contribution is 0.853. The first-order valence-electron chi connectivity index (χ1n) is 20.3. The Bertz CT molecular complexity index is 3480. The lowest BCUT2D eigenvalue weighted by atomic mass is 9.90. The van der Waals surface area contributed by atoms with Crippen molar-refractivity contribution in [1.29, 1.82) is 0 Å². The number of allylic oxidation sites excluding steroid dienone is 4. The molecule has 0 bridgehead atoms. The van der Waals surface area contributed by atoms with Gasteiger partial charge >= 0.3 is 0 Å². The van der Waals surface area contributed by atoms with Crippen LogP contribution in [0.5, 0.6) is 0 Å². The maximum absolute atomic E-state index is 2.42. The molecule has 0 N–H and O–H groups in total. The summed E-state index contributed by atoms with van der Waals surface area (Å²) in [5.41, 5.74) is 13.5. The molecule has 1 atom stereocenters. The largest absolute Gasteiger partial charge is 0.309 e. The molecule has 2 heterocycles. The van der Waals surface area contributed by atoms with Crippen LogP contribution in [0.15, 0.2) is 212 Å². The van der Waals surface area contributed by atoms with Gasteiger partial charge in [-0.3, -0.25) is 0 Å². The van der Waals surface area contributed by atoms with Crippen LogP contribution in [0.3, 0.4) is 0 Å². The van der Waals surface area contributed by atoms with Crippen molar-refractivity contribution in [2.75, 3.05) is 0 Å². The third-order valence-electron chi connectivity index (χ3n) is 12.4. The summed E-state index contributed by atoms with van der Waals surface area (Å²) in [7, 11) is 0. The first-order valence-corrected chi connectivity index (χ1v) is 20.3. The Kier molecular flexibility index (Phi) is 7.39. The quantitative estimate of drug-likeness (QED) is 0.166. The van der Waals surface area contributed by atoms with Crippen molar-refractivity contribution in [3.05, 3.63) is 218 Å². The SMILES string of the molecule is C1=CCC(c2ccc(-n3c4ccccc4c4cc(-c5cccc6cccc(-c7ccc8c(c7)c7ccccc7n8-c7ccc8ccccc8c7)c56)ccc43)cc2)C=C1. The van der Waals surface area contributed by atoms with E-state index in [-0.39, 0.29) is 0 Å². The summed E-state index contributed by atoms with van der Waals surface area (Å²) < 4.78 is 4.84. The fourth-order valence-electron chi connectivity index (χ4n) is 9.67. The van der Waals surface area contributed by atoms with Gasteiger partial charge in [-0.1, -0.05) is 152 Å². The van der Waals surface area contributed by atoms with Crippen LogP contribution in [-0.4, -0.2) is 9.13 Å². The Morgan fingerprint density at radius 1 is 0.379 bits per heavy atom. The standard InChI is InChI=1S/C56H38N2/c1-2-12-37(13-3-1)39-24-29-44(30-25-39)57-52-22-8-6-18-48(52)50-35-42(27-32-54(50)57)46-20-10-16-40-17-11-21-47(56(40)46)43-28-33-55-51(36-43)49-19-7-9-23-53(49)58(55)45-31-26-38-14-4-5-15-41(38)34-45/h1-12,14-37H,13H2. The van der Waals surface area contributed by atoms with Crippen molar-refractivity contribution in [1.82, 2.24) is 9.13 Å². The van der Waals surface area contributed by atoms with Crippen molar-refractivity contribution in [2.24, 2.45) is 0 Å². The molecule has 0 spiro atoms. The second kappa shape index (κ2) is 13.1. The molecule has 2 heteroatoms. The molecule has 272 valence electrons. The van der Waals surface area contributed by atoms with Crippen LogP contribution in [0.2, 0.25) is 0 Å². The predicted octanol–water partition coefficient (Wildman–Crippen LogP) is 15.1. The molecule has 0 radical (unpaired) electrons. The summed E-state index contributed by atoms with van der Waals surface area (Å²) in [5, 5.41) is 10.0. The molecule has 2 aromatic heterocycles. The molecule has 12 rings (SSSR count). The summed E-state index contributed by atoms with van der Waals surface area (Å²) in [5.74, 6) is 0.433. The number of fused-ring (bicyclic) bond motifs is 8. The molecule has 0 saturated carbocycles. The van der Waals surface area contributed by atoms with E-state index in [2.05, 4.69) is 221 Å². The van der Waals surface area contributed by atoms with Gasteiger partial charge in [0.15, 0.2) is 0 Å². The topological polar surface area (TPSA) is 9.86 Å². The average Bonchev–Trinajstić information content (AvgIpc) is 3.81. The van der Waals surface area contributed by atoms with Crippen LogP contribution in [0.4, 0.5) is 0 Å². The predicted molar refractivity (Wildman–Crippen MR) is 247 cm³/mol. The van der Waals surface area contributed by atoms with Crippen LogP contribution in [-0.2, 0) is 0 Å². The minimum Gasteiger partial charge on any atom is -0.309 e. The van der Waals surface area contributed by atoms with E-state index in [1.54, 1.807) is 0 Å². The van der Waals surface area contributed by atoms with Crippen LogP contribution >= 0.6 is 0 Å². The number of hydrogen-bond acceptors (Lipinski definition) is 0. The van der Waals surface area contributed by atoms with Gasteiger partial charge in [0.25, 0.3) is 0 Å². The molecular formula is C56H38N2. The zero-order chi connectivity index (χ0) is 38.2. The number of aromatic nitrogens is 2. The average molecular weight is 739 g/mol. The maximum atomic E-state index is 2.42. The molecule has 1 unspecified atom stereocenters. The number of nitrogens with zero attached hydrogens (tertiary/aromatic N) is 2. The van der Waals surface area contributed by atoms with Gasteiger partial charge in [-0.2, -0.15) is 0 Å². The first-order chi connectivity index (χ1) is 28.8. The molecule has 1 aliphatic rings. The van der Waals surface area contributed by atoms with Crippen molar-refractivity contribution >= 4 is 65.2 Å². The third-order valence-corrected chi connectivity index (χ3v) is 12.4. The minimum atomic E-state index is 0.433. The molecular weight excluding hydrogens is 701 g/mol. The second-order valence-electron chi connectivity index (χ2n) is 15.7. The van der Waals surface area contributed by atoms with Gasteiger partial charge in [-0.25, -0.2) is 0 Å². The lowest BCUT2D eigenvalue weighted by Gasteiger charge is -2.15. The van der Waals surface area contributed by atoms with E-state index in [0.29, 0.717) is 5.92 Å². The fraction of sp³-hybridized carbons (Fsp3) is 0.0357.